The number of hydrogen-bond donors (Lipinski definition) is 0. The zero-order valence-corrected chi connectivity index (χ0v) is 23.8. The van der Waals surface area contributed by atoms with Gasteiger partial charge in [0.15, 0.2) is 0 Å². The van der Waals surface area contributed by atoms with Crippen LogP contribution >= 0.6 is 0 Å². The first-order valence-corrected chi connectivity index (χ1v) is 14.2. The third-order valence-corrected chi connectivity index (χ3v) is 8.40. The number of aromatic nitrogens is 4. The zero-order chi connectivity index (χ0) is 50.8. The van der Waals surface area contributed by atoms with Gasteiger partial charge in [0.25, 0.3) is 0 Å². The van der Waals surface area contributed by atoms with Crippen molar-refractivity contribution in [3.05, 3.63) is 145 Å². The summed E-state index contributed by atoms with van der Waals surface area (Å²) < 4.78 is 211. The molecule has 0 atom stereocenters. The molecule has 0 aliphatic rings. The number of para-hydroxylation sites is 2. The summed E-state index contributed by atoms with van der Waals surface area (Å²) in [4.78, 5) is 9.45. The van der Waals surface area contributed by atoms with Gasteiger partial charge in [0.1, 0.15) is 0 Å². The number of nitrogens with zero attached hydrogens (tertiary/aromatic N) is 4. The van der Waals surface area contributed by atoms with E-state index in [1.807, 2.05) is 0 Å². The maximum atomic E-state index is 9.58. The van der Waals surface area contributed by atoms with Crippen molar-refractivity contribution in [3.63, 3.8) is 0 Å². The van der Waals surface area contributed by atoms with Crippen LogP contribution in [0.1, 0.15) is 37.1 Å². The Labute approximate surface area is 301 Å². The molecule has 218 valence electrons. The van der Waals surface area contributed by atoms with Gasteiger partial charge >= 0.3 is 0 Å². The van der Waals surface area contributed by atoms with Gasteiger partial charge in [0.05, 0.1) is 70.3 Å². The van der Waals surface area contributed by atoms with E-state index in [0.29, 0.717) is 0 Å². The lowest BCUT2D eigenvalue weighted by molar-refractivity contribution is 1.02. The summed E-state index contributed by atoms with van der Waals surface area (Å²) in [6.07, 6.45) is 0. The molecule has 0 amide bonds. The molecular weight excluding hydrogens is 573 g/mol. The molecule has 11 aromatic rings. The topological polar surface area (TPSA) is 35.1 Å². The van der Waals surface area contributed by atoms with Crippen LogP contribution in [-0.4, -0.2) is 18.9 Å². The summed E-state index contributed by atoms with van der Waals surface area (Å²) >= 11 is 0. The van der Waals surface area contributed by atoms with E-state index in [2.05, 4.69) is 0 Å². The number of benzene rings is 7. The van der Waals surface area contributed by atoms with Gasteiger partial charge < -0.3 is 4.40 Å². The standard InChI is InChI=1S/C43H26N4/c1-25-19-21-27(22-20-25)40-33-24-23-26-9-2-3-10-28(26)41(33)45-43(44-40)47-35-16-7-12-30-32-14-6-13-31-29-11-4-5-15-34(29)46(42(31)32)36-17-8-18-37(47)39(36)38(30)35/h2-24H,1H3/i2D,3D,4D,5D,6D,7D,8D,9D,10D,11D,12D,13D,14D,15D,16D,17D,18D,19D,20D,21D,22D,23D,24D. The van der Waals surface area contributed by atoms with Crippen molar-refractivity contribution in [2.45, 2.75) is 6.92 Å². The van der Waals surface area contributed by atoms with E-state index in [1.165, 1.54) is 6.92 Å². The Hall–Kier alpha value is -6.26. The first-order valence-electron chi connectivity index (χ1n) is 25.7. The quantitative estimate of drug-likeness (QED) is 0.180. The summed E-state index contributed by atoms with van der Waals surface area (Å²) in [6.45, 7) is 1.33. The fourth-order valence-corrected chi connectivity index (χ4v) is 6.47. The van der Waals surface area contributed by atoms with Crippen molar-refractivity contribution < 1.29 is 31.5 Å². The molecule has 0 fully saturated rings. The van der Waals surface area contributed by atoms with Crippen molar-refractivity contribution in [1.29, 1.82) is 0 Å². The molecule has 0 unspecified atom stereocenters. The fourth-order valence-electron chi connectivity index (χ4n) is 6.47. The van der Waals surface area contributed by atoms with Crippen LogP contribution in [-0.2, 0) is 0 Å². The van der Waals surface area contributed by atoms with Crippen LogP contribution in [0.4, 0.5) is 0 Å². The van der Waals surface area contributed by atoms with Crippen LogP contribution in [0.5, 0.6) is 0 Å². The SMILES string of the molecule is [2H]c1c([2H])c(-c2nc(-n3c4c([2H])c([2H])c([2H])c5c6c([2H])c([2H])c([2H])c7c8c([2H])c([2H])c([2H])c([2H])c8n(c8c([2H])c([2H])c([2H])c3c8c54)c67)nc3c2c([2H])c([2H])c2c([2H])c([2H])c([2H])c([2H])c23)c([2H])c([2H])c1C. The molecule has 4 nitrogen and oxygen atoms in total. The van der Waals surface area contributed by atoms with E-state index in [4.69, 9.17) is 29.2 Å². The normalized spacial score (nSPS) is 19.2. The molecule has 0 saturated carbocycles. The molecule has 0 aliphatic carbocycles. The molecule has 7 aromatic carbocycles. The van der Waals surface area contributed by atoms with Gasteiger partial charge in [-0.3, -0.25) is 4.57 Å². The maximum absolute atomic E-state index is 9.58. The lowest BCUT2D eigenvalue weighted by Gasteiger charge is -2.13. The first kappa shape index (κ1) is 11.8. The third-order valence-electron chi connectivity index (χ3n) is 8.40. The van der Waals surface area contributed by atoms with Crippen molar-refractivity contribution in [2.75, 3.05) is 0 Å². The predicted molar refractivity (Wildman–Crippen MR) is 196 cm³/mol. The van der Waals surface area contributed by atoms with Crippen LogP contribution in [0.3, 0.4) is 0 Å². The number of rotatable bonds is 2. The molecular formula is C43H26N4. The van der Waals surface area contributed by atoms with E-state index in [9.17, 15) is 12.3 Å². The summed E-state index contributed by atoms with van der Waals surface area (Å²) in [6, 6.07) is -16.9. The lowest BCUT2D eigenvalue weighted by Crippen LogP contribution is -2.04. The van der Waals surface area contributed by atoms with Crippen molar-refractivity contribution in [1.82, 2.24) is 18.9 Å². The molecule has 0 N–H and O–H groups in total. The Balaban J connectivity index is 1.53. The van der Waals surface area contributed by atoms with E-state index >= 15 is 0 Å². The average molecular weight is 622 g/mol. The van der Waals surface area contributed by atoms with E-state index in [0.717, 1.165) is 8.97 Å². The highest BCUT2D eigenvalue weighted by Crippen LogP contribution is 2.44. The van der Waals surface area contributed by atoms with Gasteiger partial charge in [-0.2, -0.15) is 0 Å². The highest BCUT2D eigenvalue weighted by molar-refractivity contribution is 6.31. The minimum absolute atomic E-state index is 0.0824. The monoisotopic (exact) mass is 621 g/mol. The van der Waals surface area contributed by atoms with Gasteiger partial charge in [-0.15, -0.1) is 0 Å². The number of fused-ring (bicyclic) bond motifs is 8. The molecule has 4 heteroatoms. The Bertz CT molecular complexity index is 4380. The third kappa shape index (κ3) is 3.21. The Kier molecular flexibility index (Phi) is 2.25. The van der Waals surface area contributed by atoms with Crippen LogP contribution < -0.4 is 0 Å². The fraction of sp³-hybridized carbons (Fsp3) is 0.0233. The van der Waals surface area contributed by atoms with Gasteiger partial charge in [0, 0.05) is 43.3 Å². The highest BCUT2D eigenvalue weighted by atomic mass is 15.2. The average Bonchev–Trinajstić information content (AvgIpc) is 3.83. The summed E-state index contributed by atoms with van der Waals surface area (Å²) in [7, 11) is 0. The Morgan fingerprint density at radius 1 is 0.489 bits per heavy atom. The lowest BCUT2D eigenvalue weighted by atomic mass is 10.0. The predicted octanol–water partition coefficient (Wildman–Crippen LogP) is 11.0. The van der Waals surface area contributed by atoms with Gasteiger partial charge in [0.2, 0.25) is 5.95 Å². The van der Waals surface area contributed by atoms with Gasteiger partial charge in [-0.25, -0.2) is 9.97 Å². The van der Waals surface area contributed by atoms with E-state index in [1.54, 1.807) is 0 Å². The molecule has 0 radical (unpaired) electrons. The molecule has 11 rings (SSSR count). The molecule has 4 aromatic heterocycles. The van der Waals surface area contributed by atoms with Crippen LogP contribution in [0.15, 0.2) is 139 Å². The zero-order valence-electron chi connectivity index (χ0n) is 46.8. The molecule has 4 heterocycles. The van der Waals surface area contributed by atoms with Crippen molar-refractivity contribution >= 4 is 81.6 Å². The van der Waals surface area contributed by atoms with Crippen LogP contribution in [0.25, 0.3) is 98.8 Å². The summed E-state index contributed by atoms with van der Waals surface area (Å²) in [5, 5.41) is -3.38. The largest absolute Gasteiger partial charge is 0.308 e. The second kappa shape index (κ2) is 8.93. The minimum atomic E-state index is -0.851. The van der Waals surface area contributed by atoms with Gasteiger partial charge in [-0.05, 0) is 47.9 Å². The number of hydrogen-bond acceptors (Lipinski definition) is 2. The van der Waals surface area contributed by atoms with Crippen molar-refractivity contribution in [3.8, 4) is 17.2 Å². The molecule has 0 aliphatic heterocycles. The first-order chi connectivity index (χ1) is 32.8. The summed E-state index contributed by atoms with van der Waals surface area (Å²) in [5.41, 5.74) is -3.74. The van der Waals surface area contributed by atoms with Gasteiger partial charge in [-0.1, -0.05) is 114 Å². The smallest absolute Gasteiger partial charge is 0.235 e. The summed E-state index contributed by atoms with van der Waals surface area (Å²) in [5.74, 6) is -0.710. The molecule has 0 bridgehead atoms. The van der Waals surface area contributed by atoms with Crippen LogP contribution in [0.2, 0.25) is 0 Å². The van der Waals surface area contributed by atoms with Crippen LogP contribution in [0, 0.1) is 6.92 Å². The van der Waals surface area contributed by atoms with E-state index in [-0.39, 0.29) is 48.9 Å². The molecule has 47 heavy (non-hydrogen) atoms. The second-order valence-electron chi connectivity index (χ2n) is 10.9. The van der Waals surface area contributed by atoms with Crippen molar-refractivity contribution in [2.24, 2.45) is 0 Å². The highest BCUT2D eigenvalue weighted by Gasteiger charge is 2.23. The van der Waals surface area contributed by atoms with E-state index < -0.39 is 194 Å². The Morgan fingerprint density at radius 2 is 1.13 bits per heavy atom. The molecule has 0 spiro atoms. The molecule has 0 saturated heterocycles. The Morgan fingerprint density at radius 3 is 2.00 bits per heavy atom. The second-order valence-corrected chi connectivity index (χ2v) is 10.9. The minimum Gasteiger partial charge on any atom is -0.308 e. The maximum Gasteiger partial charge on any atom is 0.235 e.